The van der Waals surface area contributed by atoms with Crippen LogP contribution in [0.4, 0.5) is 5.69 Å². The van der Waals surface area contributed by atoms with Crippen LogP contribution >= 0.6 is 0 Å². The van der Waals surface area contributed by atoms with Crippen molar-refractivity contribution in [2.45, 2.75) is 32.8 Å². The summed E-state index contributed by atoms with van der Waals surface area (Å²) >= 11 is 0. The number of nitrogens with zero attached hydrogens (tertiary/aromatic N) is 1. The largest absolute Gasteiger partial charge is 0.487 e. The van der Waals surface area contributed by atoms with Crippen molar-refractivity contribution in [3.63, 3.8) is 0 Å². The van der Waals surface area contributed by atoms with E-state index in [1.807, 2.05) is 24.3 Å². The van der Waals surface area contributed by atoms with Crippen molar-refractivity contribution in [1.29, 1.82) is 0 Å². The van der Waals surface area contributed by atoms with E-state index in [1.54, 1.807) is 6.07 Å². The normalized spacial score (nSPS) is 11.5. The summed E-state index contributed by atoms with van der Waals surface area (Å²) in [6.07, 6.45) is 0. The van der Waals surface area contributed by atoms with Gasteiger partial charge >= 0.3 is 0 Å². The van der Waals surface area contributed by atoms with Gasteiger partial charge in [-0.1, -0.05) is 26.8 Å². The van der Waals surface area contributed by atoms with Crippen LogP contribution in [-0.2, 0) is 12.0 Å². The molecule has 4 nitrogen and oxygen atoms in total. The molecular formula is C14H19N3O. The molecule has 0 radical (unpaired) electrons. The molecular weight excluding hydrogens is 226 g/mol. The molecule has 1 heterocycles. The highest BCUT2D eigenvalue weighted by Crippen LogP contribution is 2.21. The zero-order chi connectivity index (χ0) is 13.2. The van der Waals surface area contributed by atoms with Crippen LogP contribution in [0.5, 0.6) is 5.75 Å². The first-order valence-electron chi connectivity index (χ1n) is 5.98. The highest BCUT2D eigenvalue weighted by Gasteiger charge is 2.17. The summed E-state index contributed by atoms with van der Waals surface area (Å²) in [5.74, 6) is 0.766. The third kappa shape index (κ3) is 3.03. The Balaban J connectivity index is 2.01. The lowest BCUT2D eigenvalue weighted by Crippen LogP contribution is -2.11. The Morgan fingerprint density at radius 2 is 2.06 bits per heavy atom. The topological polar surface area (TPSA) is 63.9 Å². The van der Waals surface area contributed by atoms with Crippen molar-refractivity contribution < 1.29 is 4.74 Å². The Hall–Kier alpha value is -1.97. The van der Waals surface area contributed by atoms with Gasteiger partial charge in [0.05, 0.1) is 11.4 Å². The summed E-state index contributed by atoms with van der Waals surface area (Å²) in [6.45, 7) is 6.86. The van der Waals surface area contributed by atoms with Gasteiger partial charge in [0, 0.05) is 17.2 Å². The second-order valence-corrected chi connectivity index (χ2v) is 5.39. The zero-order valence-corrected chi connectivity index (χ0v) is 11.0. The highest BCUT2D eigenvalue weighted by molar-refractivity contribution is 5.43. The third-order valence-electron chi connectivity index (χ3n) is 2.65. The Morgan fingerprint density at radius 3 is 2.67 bits per heavy atom. The number of benzene rings is 1. The van der Waals surface area contributed by atoms with E-state index in [4.69, 9.17) is 10.5 Å². The average Bonchev–Trinajstić information content (AvgIpc) is 2.74. The third-order valence-corrected chi connectivity index (χ3v) is 2.65. The molecule has 0 saturated carbocycles. The molecule has 1 aromatic heterocycles. The maximum absolute atomic E-state index is 5.69. The van der Waals surface area contributed by atoms with Gasteiger partial charge in [-0.05, 0) is 18.2 Å². The average molecular weight is 245 g/mol. The minimum Gasteiger partial charge on any atom is -0.487 e. The number of aromatic amines is 1. The monoisotopic (exact) mass is 245 g/mol. The number of H-pyrrole nitrogens is 1. The summed E-state index contributed by atoms with van der Waals surface area (Å²) in [5.41, 5.74) is 8.43. The van der Waals surface area contributed by atoms with Gasteiger partial charge in [-0.2, -0.15) is 5.10 Å². The molecule has 0 aliphatic rings. The number of hydrogen-bond donors (Lipinski definition) is 2. The van der Waals surface area contributed by atoms with Crippen LogP contribution in [0.25, 0.3) is 0 Å². The molecule has 3 N–H and O–H groups in total. The van der Waals surface area contributed by atoms with E-state index in [1.165, 1.54) is 0 Å². The van der Waals surface area contributed by atoms with Gasteiger partial charge in [0.25, 0.3) is 0 Å². The predicted molar refractivity (Wildman–Crippen MR) is 72.5 cm³/mol. The van der Waals surface area contributed by atoms with Gasteiger partial charge < -0.3 is 10.5 Å². The standard InChI is InChI=1S/C14H19N3O/c1-14(2,3)13-8-11(16-17-13)9-18-12-6-4-5-10(15)7-12/h4-8H,9,15H2,1-3H3,(H,16,17). The van der Waals surface area contributed by atoms with Gasteiger partial charge in [-0.3, -0.25) is 5.10 Å². The van der Waals surface area contributed by atoms with Crippen molar-refractivity contribution in [3.05, 3.63) is 41.7 Å². The SMILES string of the molecule is CC(C)(C)c1cc(COc2cccc(N)c2)[nH]n1. The first-order valence-corrected chi connectivity index (χ1v) is 5.98. The molecule has 0 aliphatic carbocycles. The van der Waals surface area contributed by atoms with Crippen molar-refractivity contribution in [1.82, 2.24) is 10.2 Å². The maximum atomic E-state index is 5.69. The Bertz CT molecular complexity index is 526. The van der Waals surface area contributed by atoms with Crippen LogP contribution in [-0.4, -0.2) is 10.2 Å². The van der Waals surface area contributed by atoms with E-state index in [0.717, 1.165) is 17.1 Å². The number of nitrogen functional groups attached to an aromatic ring is 1. The lowest BCUT2D eigenvalue weighted by atomic mass is 9.92. The molecule has 2 rings (SSSR count). The fraction of sp³-hybridized carbons (Fsp3) is 0.357. The Kier molecular flexibility index (Phi) is 3.28. The van der Waals surface area contributed by atoms with E-state index in [2.05, 4.69) is 31.0 Å². The van der Waals surface area contributed by atoms with Crippen LogP contribution in [0.1, 0.15) is 32.2 Å². The van der Waals surface area contributed by atoms with Gasteiger partial charge in [-0.15, -0.1) is 0 Å². The fourth-order valence-electron chi connectivity index (χ4n) is 1.59. The van der Waals surface area contributed by atoms with Crippen LogP contribution in [0.3, 0.4) is 0 Å². The van der Waals surface area contributed by atoms with Gasteiger partial charge in [0.15, 0.2) is 0 Å². The quantitative estimate of drug-likeness (QED) is 0.817. The molecule has 18 heavy (non-hydrogen) atoms. The number of hydrogen-bond acceptors (Lipinski definition) is 3. The van der Waals surface area contributed by atoms with E-state index >= 15 is 0 Å². The van der Waals surface area contributed by atoms with Crippen LogP contribution in [0.15, 0.2) is 30.3 Å². The number of rotatable bonds is 3. The number of ether oxygens (including phenoxy) is 1. The Morgan fingerprint density at radius 1 is 1.28 bits per heavy atom. The van der Waals surface area contributed by atoms with E-state index in [-0.39, 0.29) is 5.41 Å². The zero-order valence-electron chi connectivity index (χ0n) is 11.0. The molecule has 0 unspecified atom stereocenters. The van der Waals surface area contributed by atoms with Crippen molar-refractivity contribution in [2.75, 3.05) is 5.73 Å². The minimum atomic E-state index is 0.0475. The summed E-state index contributed by atoms with van der Waals surface area (Å²) in [5, 5.41) is 7.28. The molecule has 0 bridgehead atoms. The van der Waals surface area contributed by atoms with E-state index in [0.29, 0.717) is 12.3 Å². The smallest absolute Gasteiger partial charge is 0.130 e. The summed E-state index contributed by atoms with van der Waals surface area (Å²) in [7, 11) is 0. The fourth-order valence-corrected chi connectivity index (χ4v) is 1.59. The van der Waals surface area contributed by atoms with Crippen molar-refractivity contribution in [3.8, 4) is 5.75 Å². The molecule has 0 amide bonds. The number of nitrogens with one attached hydrogen (secondary N) is 1. The van der Waals surface area contributed by atoms with Crippen molar-refractivity contribution in [2.24, 2.45) is 0 Å². The first-order chi connectivity index (χ1) is 8.45. The summed E-state index contributed by atoms with van der Waals surface area (Å²) < 4.78 is 5.65. The second kappa shape index (κ2) is 4.72. The van der Waals surface area contributed by atoms with E-state index in [9.17, 15) is 0 Å². The molecule has 96 valence electrons. The van der Waals surface area contributed by atoms with E-state index < -0.39 is 0 Å². The molecule has 0 spiro atoms. The number of nitrogens with two attached hydrogens (primary N) is 1. The number of aromatic nitrogens is 2. The molecule has 2 aromatic rings. The summed E-state index contributed by atoms with van der Waals surface area (Å²) in [6, 6.07) is 9.43. The first kappa shape index (κ1) is 12.5. The van der Waals surface area contributed by atoms with Crippen molar-refractivity contribution >= 4 is 5.69 Å². The van der Waals surface area contributed by atoms with Gasteiger partial charge in [0.1, 0.15) is 12.4 Å². The van der Waals surface area contributed by atoms with Crippen LogP contribution in [0.2, 0.25) is 0 Å². The second-order valence-electron chi connectivity index (χ2n) is 5.39. The Labute approximate surface area is 107 Å². The lowest BCUT2D eigenvalue weighted by Gasteiger charge is -2.13. The molecule has 0 fully saturated rings. The molecule has 4 heteroatoms. The van der Waals surface area contributed by atoms with Gasteiger partial charge in [0.2, 0.25) is 0 Å². The molecule has 0 aliphatic heterocycles. The lowest BCUT2D eigenvalue weighted by molar-refractivity contribution is 0.301. The van der Waals surface area contributed by atoms with Gasteiger partial charge in [-0.25, -0.2) is 0 Å². The number of anilines is 1. The summed E-state index contributed by atoms with van der Waals surface area (Å²) in [4.78, 5) is 0. The molecule has 0 saturated heterocycles. The van der Waals surface area contributed by atoms with Crippen LogP contribution < -0.4 is 10.5 Å². The van der Waals surface area contributed by atoms with Crippen LogP contribution in [0, 0.1) is 0 Å². The molecule has 0 atom stereocenters. The maximum Gasteiger partial charge on any atom is 0.130 e. The predicted octanol–water partition coefficient (Wildman–Crippen LogP) is 2.87. The highest BCUT2D eigenvalue weighted by atomic mass is 16.5. The molecule has 1 aromatic carbocycles. The minimum absolute atomic E-state index is 0.0475.